The molecule has 1 amide bonds. The highest BCUT2D eigenvalue weighted by Gasteiger charge is 2.18. The van der Waals surface area contributed by atoms with E-state index in [9.17, 15) is 4.79 Å². The fourth-order valence-electron chi connectivity index (χ4n) is 2.05. The molecular formula is C14H16INO3. The summed E-state index contributed by atoms with van der Waals surface area (Å²) in [5.41, 5.74) is 1.97. The Morgan fingerprint density at radius 2 is 1.95 bits per heavy atom. The Hall–Kier alpha value is -1.24. The van der Waals surface area contributed by atoms with Gasteiger partial charge in [0.15, 0.2) is 11.5 Å². The summed E-state index contributed by atoms with van der Waals surface area (Å²) in [5.74, 6) is 1.45. The Morgan fingerprint density at radius 3 is 2.58 bits per heavy atom. The van der Waals surface area contributed by atoms with Gasteiger partial charge < -0.3 is 14.4 Å². The number of nitrogens with zero attached hydrogens (tertiary/aromatic N) is 1. The van der Waals surface area contributed by atoms with Crippen molar-refractivity contribution in [2.75, 3.05) is 25.2 Å². The zero-order chi connectivity index (χ0) is 13.8. The van der Waals surface area contributed by atoms with Crippen molar-refractivity contribution < 1.29 is 14.3 Å². The lowest BCUT2D eigenvalue weighted by atomic mass is 10.0. The van der Waals surface area contributed by atoms with E-state index in [1.54, 1.807) is 19.1 Å². The normalized spacial score (nSPS) is 14.1. The first-order valence-electron chi connectivity index (χ1n) is 5.98. The number of carbonyl (C=O) groups is 1. The van der Waals surface area contributed by atoms with E-state index in [1.807, 2.05) is 24.4 Å². The predicted octanol–water partition coefficient (Wildman–Crippen LogP) is 2.49. The smallest absolute Gasteiger partial charge is 0.230 e. The molecule has 2 rings (SSSR count). The third-order valence-corrected chi connectivity index (χ3v) is 3.55. The van der Waals surface area contributed by atoms with Gasteiger partial charge in [0.25, 0.3) is 0 Å². The molecule has 1 aromatic carbocycles. The van der Waals surface area contributed by atoms with E-state index in [2.05, 4.69) is 22.6 Å². The molecule has 1 heterocycles. The average molecular weight is 373 g/mol. The maximum Gasteiger partial charge on any atom is 0.230 e. The summed E-state index contributed by atoms with van der Waals surface area (Å²) < 4.78 is 11.5. The molecule has 1 aromatic rings. The van der Waals surface area contributed by atoms with Crippen LogP contribution in [0.5, 0.6) is 11.5 Å². The van der Waals surface area contributed by atoms with Crippen molar-refractivity contribution >= 4 is 34.6 Å². The summed E-state index contributed by atoms with van der Waals surface area (Å²) >= 11 is 2.27. The van der Waals surface area contributed by atoms with Crippen LogP contribution >= 0.6 is 22.6 Å². The minimum atomic E-state index is 0.110. The third kappa shape index (κ3) is 3.02. The highest BCUT2D eigenvalue weighted by molar-refractivity contribution is 14.1. The maximum atomic E-state index is 12.1. The van der Waals surface area contributed by atoms with Crippen LogP contribution in [0.15, 0.2) is 18.3 Å². The second-order valence-corrected chi connectivity index (χ2v) is 5.25. The lowest BCUT2D eigenvalue weighted by Crippen LogP contribution is -2.28. The first-order valence-corrected chi connectivity index (χ1v) is 7.50. The number of alkyl halides is 1. The van der Waals surface area contributed by atoms with E-state index >= 15 is 0 Å². The van der Waals surface area contributed by atoms with Crippen molar-refractivity contribution in [1.82, 2.24) is 4.90 Å². The molecule has 0 radical (unpaired) electrons. The van der Waals surface area contributed by atoms with E-state index in [4.69, 9.17) is 9.47 Å². The molecule has 0 saturated carbocycles. The molecule has 0 saturated heterocycles. The van der Waals surface area contributed by atoms with Crippen LogP contribution in [0.25, 0.3) is 6.08 Å². The van der Waals surface area contributed by atoms with Gasteiger partial charge in [0, 0.05) is 17.2 Å². The average Bonchev–Trinajstić information content (AvgIpc) is 2.57. The highest BCUT2D eigenvalue weighted by Crippen LogP contribution is 2.32. The van der Waals surface area contributed by atoms with Crippen LogP contribution < -0.4 is 9.47 Å². The molecule has 0 fully saturated rings. The molecule has 0 bridgehead atoms. The van der Waals surface area contributed by atoms with E-state index in [0.29, 0.717) is 17.9 Å². The first kappa shape index (κ1) is 14.2. The van der Waals surface area contributed by atoms with Crippen LogP contribution in [0, 0.1) is 0 Å². The Balaban J connectivity index is 2.39. The molecule has 0 unspecified atom stereocenters. The van der Waals surface area contributed by atoms with Gasteiger partial charge in [-0.25, -0.2) is 0 Å². The van der Waals surface area contributed by atoms with Gasteiger partial charge >= 0.3 is 0 Å². The molecule has 4 nitrogen and oxygen atoms in total. The van der Waals surface area contributed by atoms with E-state index in [-0.39, 0.29) is 5.91 Å². The summed E-state index contributed by atoms with van der Waals surface area (Å²) in [4.78, 5) is 13.9. The fraction of sp³-hybridized carbons (Fsp3) is 0.357. The van der Waals surface area contributed by atoms with E-state index < -0.39 is 0 Å². The summed E-state index contributed by atoms with van der Waals surface area (Å²) in [6.45, 7) is 0.734. The molecule has 0 aromatic heterocycles. The lowest BCUT2D eigenvalue weighted by Gasteiger charge is -2.15. The Kier molecular flexibility index (Phi) is 4.68. The molecule has 1 aliphatic rings. The largest absolute Gasteiger partial charge is 0.493 e. The molecule has 1 aliphatic heterocycles. The van der Waals surface area contributed by atoms with Crippen LogP contribution in [0.1, 0.15) is 11.1 Å². The number of benzene rings is 1. The van der Waals surface area contributed by atoms with E-state index in [1.165, 1.54) is 0 Å². The number of amides is 1. The van der Waals surface area contributed by atoms with Crippen molar-refractivity contribution in [3.05, 3.63) is 29.5 Å². The van der Waals surface area contributed by atoms with Gasteiger partial charge in [-0.05, 0) is 29.3 Å². The lowest BCUT2D eigenvalue weighted by molar-refractivity contribution is -0.127. The number of ether oxygens (including phenoxy) is 2. The van der Waals surface area contributed by atoms with Gasteiger partial charge in [-0.15, -0.1) is 0 Å². The molecule has 102 valence electrons. The number of hydrogen-bond donors (Lipinski definition) is 0. The van der Waals surface area contributed by atoms with Gasteiger partial charge in [-0.1, -0.05) is 22.6 Å². The van der Waals surface area contributed by atoms with Crippen molar-refractivity contribution in [3.63, 3.8) is 0 Å². The molecular weight excluding hydrogens is 357 g/mol. The molecule has 0 N–H and O–H groups in total. The fourth-order valence-corrected chi connectivity index (χ4v) is 2.57. The number of carbonyl (C=O) groups excluding carboxylic acids is 1. The minimum Gasteiger partial charge on any atom is -0.493 e. The predicted molar refractivity (Wildman–Crippen MR) is 82.9 cm³/mol. The van der Waals surface area contributed by atoms with Crippen LogP contribution in [0.4, 0.5) is 0 Å². The monoisotopic (exact) mass is 373 g/mol. The molecule has 19 heavy (non-hydrogen) atoms. The quantitative estimate of drug-likeness (QED) is 0.602. The zero-order valence-electron chi connectivity index (χ0n) is 11.0. The number of hydrogen-bond acceptors (Lipinski definition) is 3. The SMILES string of the molecule is COc1cc2c(cc1OC)CC(=O)N(CCI)C=C2. The third-order valence-electron chi connectivity index (χ3n) is 3.07. The van der Waals surface area contributed by atoms with Crippen LogP contribution in [0.3, 0.4) is 0 Å². The number of rotatable bonds is 4. The summed E-state index contributed by atoms with van der Waals surface area (Å²) in [5, 5.41) is 0. The maximum absolute atomic E-state index is 12.1. The van der Waals surface area contributed by atoms with Crippen LogP contribution in [-0.4, -0.2) is 36.0 Å². The van der Waals surface area contributed by atoms with Gasteiger partial charge in [0.2, 0.25) is 5.91 Å². The standard InChI is InChI=1S/C14H16INO3/c1-18-12-7-10-3-5-16(6-4-15)14(17)9-11(10)8-13(12)19-2/h3,5,7-8H,4,6,9H2,1-2H3. The van der Waals surface area contributed by atoms with Crippen molar-refractivity contribution in [2.45, 2.75) is 6.42 Å². The minimum absolute atomic E-state index is 0.110. The topological polar surface area (TPSA) is 38.8 Å². The number of methoxy groups -OCH3 is 2. The molecule has 5 heteroatoms. The summed E-state index contributed by atoms with van der Waals surface area (Å²) in [6, 6.07) is 3.79. The summed E-state index contributed by atoms with van der Waals surface area (Å²) in [6.07, 6.45) is 4.19. The molecule has 0 spiro atoms. The van der Waals surface area contributed by atoms with Crippen LogP contribution in [-0.2, 0) is 11.2 Å². The molecule has 0 atom stereocenters. The molecule has 0 aliphatic carbocycles. The summed E-state index contributed by atoms with van der Waals surface area (Å²) in [7, 11) is 3.21. The Bertz CT molecular complexity index is 514. The van der Waals surface area contributed by atoms with Gasteiger partial charge in [0.05, 0.1) is 20.6 Å². The van der Waals surface area contributed by atoms with Crippen molar-refractivity contribution in [3.8, 4) is 11.5 Å². The van der Waals surface area contributed by atoms with Crippen molar-refractivity contribution in [2.24, 2.45) is 0 Å². The van der Waals surface area contributed by atoms with Crippen molar-refractivity contribution in [1.29, 1.82) is 0 Å². The van der Waals surface area contributed by atoms with Crippen LogP contribution in [0.2, 0.25) is 0 Å². The zero-order valence-corrected chi connectivity index (χ0v) is 13.1. The van der Waals surface area contributed by atoms with Gasteiger partial charge in [-0.3, -0.25) is 4.79 Å². The second-order valence-electron chi connectivity index (χ2n) is 4.17. The van der Waals surface area contributed by atoms with Gasteiger partial charge in [-0.2, -0.15) is 0 Å². The number of halogens is 1. The first-order chi connectivity index (χ1) is 9.19. The Labute approximate surface area is 126 Å². The Morgan fingerprint density at radius 1 is 1.26 bits per heavy atom. The second kappa shape index (κ2) is 6.27. The van der Waals surface area contributed by atoms with E-state index in [0.717, 1.165) is 22.1 Å². The van der Waals surface area contributed by atoms with Gasteiger partial charge in [0.1, 0.15) is 0 Å². The number of fused-ring (bicyclic) bond motifs is 1. The highest BCUT2D eigenvalue weighted by atomic mass is 127.